The van der Waals surface area contributed by atoms with Gasteiger partial charge in [0.2, 0.25) is 0 Å². The van der Waals surface area contributed by atoms with Crippen molar-refractivity contribution in [1.29, 1.82) is 0 Å². The number of hydrogen-bond donors (Lipinski definition) is 2. The van der Waals surface area contributed by atoms with Crippen LogP contribution in [0.1, 0.15) is 31.8 Å². The standard InChI is InChI=1S/C22H21N3O3/c1-15-6-8-17(9-7-15)22(28)24-19-5-3-4-16(12-19)14-23-21(27)18-10-11-25(2)20(26)13-18/h3-13H,14H2,1-2H3,(H,23,27)(H,24,28). The molecule has 0 atom stereocenters. The van der Waals surface area contributed by atoms with Crippen molar-refractivity contribution >= 4 is 17.5 Å². The van der Waals surface area contributed by atoms with E-state index in [1.165, 1.54) is 10.6 Å². The zero-order chi connectivity index (χ0) is 20.1. The van der Waals surface area contributed by atoms with E-state index in [-0.39, 0.29) is 23.9 Å². The summed E-state index contributed by atoms with van der Waals surface area (Å²) in [5.74, 6) is -0.520. The largest absolute Gasteiger partial charge is 0.348 e. The van der Waals surface area contributed by atoms with Crippen LogP contribution in [-0.2, 0) is 13.6 Å². The fourth-order valence-electron chi connectivity index (χ4n) is 2.64. The Morgan fingerprint density at radius 3 is 2.39 bits per heavy atom. The van der Waals surface area contributed by atoms with Gasteiger partial charge < -0.3 is 15.2 Å². The lowest BCUT2D eigenvalue weighted by atomic mass is 10.1. The van der Waals surface area contributed by atoms with Gasteiger partial charge in [0.1, 0.15) is 0 Å². The van der Waals surface area contributed by atoms with Gasteiger partial charge in [-0.05, 0) is 42.8 Å². The van der Waals surface area contributed by atoms with E-state index in [0.717, 1.165) is 11.1 Å². The Bertz CT molecular complexity index is 1070. The number of aromatic nitrogens is 1. The molecule has 0 radical (unpaired) electrons. The van der Waals surface area contributed by atoms with Gasteiger partial charge in [0.05, 0.1) is 0 Å². The highest BCUT2D eigenvalue weighted by atomic mass is 16.2. The molecule has 0 spiro atoms. The summed E-state index contributed by atoms with van der Waals surface area (Å²) in [6, 6.07) is 17.5. The summed E-state index contributed by atoms with van der Waals surface area (Å²) in [4.78, 5) is 36.2. The van der Waals surface area contributed by atoms with Crippen molar-refractivity contribution in [2.75, 3.05) is 5.32 Å². The number of hydrogen-bond acceptors (Lipinski definition) is 3. The number of anilines is 1. The van der Waals surface area contributed by atoms with Gasteiger partial charge in [-0.3, -0.25) is 14.4 Å². The molecule has 0 bridgehead atoms. The molecule has 0 saturated heterocycles. The zero-order valence-electron chi connectivity index (χ0n) is 15.7. The topological polar surface area (TPSA) is 80.2 Å². The molecule has 2 N–H and O–H groups in total. The van der Waals surface area contributed by atoms with Crippen LogP contribution in [0.25, 0.3) is 0 Å². The number of nitrogens with zero attached hydrogens (tertiary/aromatic N) is 1. The van der Waals surface area contributed by atoms with E-state index >= 15 is 0 Å². The second-order valence-corrected chi connectivity index (χ2v) is 6.57. The van der Waals surface area contributed by atoms with Gasteiger partial charge in [0, 0.05) is 42.7 Å². The van der Waals surface area contributed by atoms with Crippen LogP contribution in [0.4, 0.5) is 5.69 Å². The SMILES string of the molecule is Cc1ccc(C(=O)Nc2cccc(CNC(=O)c3ccn(C)c(=O)c3)c2)cc1. The summed E-state index contributed by atoms with van der Waals surface area (Å²) in [6.07, 6.45) is 1.55. The van der Waals surface area contributed by atoms with Gasteiger partial charge in [-0.2, -0.15) is 0 Å². The first kappa shape index (κ1) is 19.1. The minimum Gasteiger partial charge on any atom is -0.348 e. The third-order valence-corrected chi connectivity index (χ3v) is 4.32. The number of rotatable bonds is 5. The van der Waals surface area contributed by atoms with Gasteiger partial charge in [0.25, 0.3) is 17.4 Å². The van der Waals surface area contributed by atoms with Crippen molar-refractivity contribution in [2.24, 2.45) is 7.05 Å². The summed E-state index contributed by atoms with van der Waals surface area (Å²) in [7, 11) is 1.63. The van der Waals surface area contributed by atoms with E-state index in [1.807, 2.05) is 31.2 Å². The average molecular weight is 375 g/mol. The van der Waals surface area contributed by atoms with Crippen molar-refractivity contribution in [3.05, 3.63) is 99.5 Å². The molecule has 6 heteroatoms. The molecule has 0 fully saturated rings. The fraction of sp³-hybridized carbons (Fsp3) is 0.136. The minimum absolute atomic E-state index is 0.193. The van der Waals surface area contributed by atoms with Crippen LogP contribution < -0.4 is 16.2 Å². The van der Waals surface area contributed by atoms with E-state index < -0.39 is 0 Å². The maximum absolute atomic E-state index is 12.3. The second-order valence-electron chi connectivity index (χ2n) is 6.57. The first-order chi connectivity index (χ1) is 13.4. The minimum atomic E-state index is -0.327. The van der Waals surface area contributed by atoms with Crippen molar-refractivity contribution in [3.8, 4) is 0 Å². The van der Waals surface area contributed by atoms with E-state index in [1.54, 1.807) is 43.6 Å². The first-order valence-corrected chi connectivity index (χ1v) is 8.84. The molecule has 6 nitrogen and oxygen atoms in total. The number of carbonyl (C=O) groups excluding carboxylic acids is 2. The summed E-state index contributed by atoms with van der Waals surface area (Å²) < 4.78 is 1.40. The van der Waals surface area contributed by atoms with E-state index in [0.29, 0.717) is 16.8 Å². The monoisotopic (exact) mass is 375 g/mol. The van der Waals surface area contributed by atoms with Gasteiger partial charge >= 0.3 is 0 Å². The second kappa shape index (κ2) is 8.35. The lowest BCUT2D eigenvalue weighted by Gasteiger charge is -2.09. The molecular formula is C22H21N3O3. The highest BCUT2D eigenvalue weighted by Gasteiger charge is 2.08. The van der Waals surface area contributed by atoms with Crippen molar-refractivity contribution in [3.63, 3.8) is 0 Å². The smallest absolute Gasteiger partial charge is 0.255 e. The number of benzene rings is 2. The average Bonchev–Trinajstić information content (AvgIpc) is 2.69. The van der Waals surface area contributed by atoms with E-state index in [9.17, 15) is 14.4 Å². The van der Waals surface area contributed by atoms with Crippen molar-refractivity contribution in [2.45, 2.75) is 13.5 Å². The first-order valence-electron chi connectivity index (χ1n) is 8.84. The third kappa shape index (κ3) is 4.73. The lowest BCUT2D eigenvalue weighted by molar-refractivity contribution is 0.0949. The van der Waals surface area contributed by atoms with Gasteiger partial charge in [-0.15, -0.1) is 0 Å². The van der Waals surface area contributed by atoms with Crippen molar-refractivity contribution in [1.82, 2.24) is 9.88 Å². The predicted octanol–water partition coefficient (Wildman–Crippen LogP) is 2.88. The molecule has 0 saturated carbocycles. The molecule has 0 aliphatic heterocycles. The molecule has 142 valence electrons. The highest BCUT2D eigenvalue weighted by Crippen LogP contribution is 2.13. The molecule has 3 aromatic rings. The quantitative estimate of drug-likeness (QED) is 0.720. The Morgan fingerprint density at radius 2 is 1.68 bits per heavy atom. The maximum atomic E-state index is 12.3. The number of amides is 2. The van der Waals surface area contributed by atoms with Crippen LogP contribution in [0.2, 0.25) is 0 Å². The Balaban J connectivity index is 1.63. The normalized spacial score (nSPS) is 10.4. The fourth-order valence-corrected chi connectivity index (χ4v) is 2.64. The molecule has 1 aromatic heterocycles. The Hall–Kier alpha value is -3.67. The maximum Gasteiger partial charge on any atom is 0.255 e. The molecule has 2 amide bonds. The molecule has 3 rings (SSSR count). The van der Waals surface area contributed by atoms with Crippen LogP contribution in [0.5, 0.6) is 0 Å². The number of pyridine rings is 1. The van der Waals surface area contributed by atoms with E-state index in [2.05, 4.69) is 10.6 Å². The molecule has 0 unspecified atom stereocenters. The summed E-state index contributed by atoms with van der Waals surface area (Å²) in [6.45, 7) is 2.25. The Morgan fingerprint density at radius 1 is 0.929 bits per heavy atom. The third-order valence-electron chi connectivity index (χ3n) is 4.32. The lowest BCUT2D eigenvalue weighted by Crippen LogP contribution is -2.25. The van der Waals surface area contributed by atoms with Gasteiger partial charge in [-0.1, -0.05) is 29.8 Å². The molecule has 28 heavy (non-hydrogen) atoms. The predicted molar refractivity (Wildman–Crippen MR) is 108 cm³/mol. The van der Waals surface area contributed by atoms with Crippen molar-refractivity contribution < 1.29 is 9.59 Å². The molecule has 1 heterocycles. The van der Waals surface area contributed by atoms with Gasteiger partial charge in [-0.25, -0.2) is 0 Å². The number of carbonyl (C=O) groups is 2. The van der Waals surface area contributed by atoms with E-state index in [4.69, 9.17) is 0 Å². The zero-order valence-corrected chi connectivity index (χ0v) is 15.7. The number of nitrogens with one attached hydrogen (secondary N) is 2. The summed E-state index contributed by atoms with van der Waals surface area (Å²) in [5.41, 5.74) is 3.21. The molecule has 0 aliphatic rings. The highest BCUT2D eigenvalue weighted by molar-refractivity contribution is 6.04. The van der Waals surface area contributed by atoms with Crippen LogP contribution in [0, 0.1) is 6.92 Å². The molecular weight excluding hydrogens is 354 g/mol. The molecule has 2 aromatic carbocycles. The van der Waals surface area contributed by atoms with Gasteiger partial charge in [0.15, 0.2) is 0 Å². The van der Waals surface area contributed by atoms with Crippen LogP contribution in [0.3, 0.4) is 0 Å². The number of aryl methyl sites for hydroxylation is 2. The Kier molecular flexibility index (Phi) is 5.69. The summed E-state index contributed by atoms with van der Waals surface area (Å²) >= 11 is 0. The van der Waals surface area contributed by atoms with Crippen LogP contribution >= 0.6 is 0 Å². The van der Waals surface area contributed by atoms with Crippen LogP contribution in [0.15, 0.2) is 71.7 Å². The van der Waals surface area contributed by atoms with Crippen LogP contribution in [-0.4, -0.2) is 16.4 Å². The molecule has 0 aliphatic carbocycles. The summed E-state index contributed by atoms with van der Waals surface area (Å²) in [5, 5.41) is 5.64. The Labute approximate surface area is 162 Å².